The molecule has 0 fully saturated rings. The van der Waals surface area contributed by atoms with Gasteiger partial charge in [0.25, 0.3) is 5.91 Å². The molecule has 0 spiro atoms. The molecule has 172 valence electrons. The summed E-state index contributed by atoms with van der Waals surface area (Å²) in [5.41, 5.74) is 6.55. The quantitative estimate of drug-likeness (QED) is 0.288. The van der Waals surface area contributed by atoms with E-state index in [2.05, 4.69) is 15.4 Å². The monoisotopic (exact) mass is 445 g/mol. The predicted molar refractivity (Wildman–Crippen MR) is 108 cm³/mol. The van der Waals surface area contributed by atoms with Gasteiger partial charge in [0.05, 0.1) is 6.04 Å². The Morgan fingerprint density at radius 3 is 2.23 bits per heavy atom. The highest BCUT2D eigenvalue weighted by Gasteiger charge is 2.43. The number of nitrogens with two attached hydrogens (primary N) is 1. The highest BCUT2D eigenvalue weighted by Crippen LogP contribution is 2.28. The Kier molecular flexibility index (Phi) is 9.54. The molecule has 1 unspecified atom stereocenters. The predicted octanol–water partition coefficient (Wildman–Crippen LogP) is 4.01. The van der Waals surface area contributed by atoms with Crippen molar-refractivity contribution in [3.63, 3.8) is 0 Å². The van der Waals surface area contributed by atoms with Gasteiger partial charge in [-0.25, -0.2) is 0 Å². The minimum atomic E-state index is -4.60. The second kappa shape index (κ2) is 11.4. The van der Waals surface area contributed by atoms with Crippen LogP contribution in [-0.2, 0) is 9.59 Å². The molecule has 6 nitrogen and oxygen atoms in total. The van der Waals surface area contributed by atoms with E-state index in [9.17, 15) is 27.2 Å². The van der Waals surface area contributed by atoms with E-state index >= 15 is 0 Å². The van der Waals surface area contributed by atoms with Crippen molar-refractivity contribution in [2.45, 2.75) is 52.7 Å². The number of halogens is 4. The second-order valence-electron chi connectivity index (χ2n) is 7.04. The Balaban J connectivity index is 2.86. The summed E-state index contributed by atoms with van der Waals surface area (Å²) in [6, 6.07) is 4.42. The van der Waals surface area contributed by atoms with Gasteiger partial charge in [0.15, 0.2) is 0 Å². The molecule has 0 saturated carbocycles. The third-order valence-electron chi connectivity index (χ3n) is 4.02. The first-order valence-corrected chi connectivity index (χ1v) is 9.61. The third kappa shape index (κ3) is 8.31. The molecule has 0 aromatic heterocycles. The summed E-state index contributed by atoms with van der Waals surface area (Å²) in [5, 5.41) is 5.21. The summed E-state index contributed by atoms with van der Waals surface area (Å²) < 4.78 is 54.4. The molecule has 0 heterocycles. The van der Waals surface area contributed by atoms with Crippen molar-refractivity contribution < 1.29 is 31.9 Å². The molecule has 1 aromatic carbocycles. The minimum Gasteiger partial charge on any atom is -0.428 e. The zero-order valence-corrected chi connectivity index (χ0v) is 17.7. The molecule has 1 aromatic rings. The van der Waals surface area contributed by atoms with Crippen LogP contribution in [0, 0.1) is 5.92 Å². The van der Waals surface area contributed by atoms with Crippen LogP contribution in [0.2, 0.25) is 0 Å². The standard InChI is InChI=1S/C21H27F4N3O3/c1-5-6-15(11-17(26)28-18(29)12(2)3)19(30)27-13(4)14-7-9-16(10-8-14)31-21(24,25)20(22)23/h6-13,20H,5,26H2,1-4H3,(H,27,30)(H,28,29)/b15-6+,17-11+. The van der Waals surface area contributed by atoms with Crippen LogP contribution in [0.1, 0.15) is 45.7 Å². The van der Waals surface area contributed by atoms with Crippen LogP contribution in [-0.4, -0.2) is 24.3 Å². The van der Waals surface area contributed by atoms with Gasteiger partial charge in [-0.1, -0.05) is 39.0 Å². The lowest BCUT2D eigenvalue weighted by Gasteiger charge is -2.18. The molecule has 0 radical (unpaired) electrons. The average Bonchev–Trinajstić information content (AvgIpc) is 2.67. The lowest BCUT2D eigenvalue weighted by molar-refractivity contribution is -0.253. The second-order valence-corrected chi connectivity index (χ2v) is 7.04. The summed E-state index contributed by atoms with van der Waals surface area (Å²) in [6.45, 7) is 6.87. The fourth-order valence-corrected chi connectivity index (χ4v) is 2.32. The third-order valence-corrected chi connectivity index (χ3v) is 4.02. The van der Waals surface area contributed by atoms with Gasteiger partial charge >= 0.3 is 12.5 Å². The molecule has 0 aliphatic heterocycles. The van der Waals surface area contributed by atoms with Crippen LogP contribution in [0.25, 0.3) is 0 Å². The van der Waals surface area contributed by atoms with Crippen molar-refractivity contribution in [3.8, 4) is 5.75 Å². The van der Waals surface area contributed by atoms with Gasteiger partial charge in [-0.15, -0.1) is 0 Å². The summed E-state index contributed by atoms with van der Waals surface area (Å²) in [6.07, 6.45) is -5.06. The normalized spacial score (nSPS) is 13.9. The zero-order chi connectivity index (χ0) is 23.8. The fraction of sp³-hybridized carbons (Fsp3) is 0.429. The van der Waals surface area contributed by atoms with Gasteiger partial charge in [0.1, 0.15) is 11.6 Å². The number of ether oxygens (including phenoxy) is 1. The Hall–Kier alpha value is -3.04. The smallest absolute Gasteiger partial charge is 0.428 e. The number of hydrogen-bond donors (Lipinski definition) is 3. The zero-order valence-electron chi connectivity index (χ0n) is 17.7. The van der Waals surface area contributed by atoms with Crippen molar-refractivity contribution in [2.24, 2.45) is 11.7 Å². The summed E-state index contributed by atoms with van der Waals surface area (Å²) in [7, 11) is 0. The first-order valence-electron chi connectivity index (χ1n) is 9.61. The minimum absolute atomic E-state index is 0.0164. The van der Waals surface area contributed by atoms with Gasteiger partial charge < -0.3 is 21.1 Å². The van der Waals surface area contributed by atoms with Crippen LogP contribution in [0.15, 0.2) is 47.8 Å². The van der Waals surface area contributed by atoms with E-state index in [0.29, 0.717) is 12.0 Å². The van der Waals surface area contributed by atoms with Gasteiger partial charge in [0.2, 0.25) is 5.91 Å². The van der Waals surface area contributed by atoms with E-state index < -0.39 is 30.2 Å². The molecule has 1 rings (SSSR count). The highest BCUT2D eigenvalue weighted by atomic mass is 19.3. The maximum Gasteiger partial charge on any atom is 0.461 e. The van der Waals surface area contributed by atoms with Gasteiger partial charge in [-0.2, -0.15) is 17.6 Å². The number of alkyl halides is 4. The van der Waals surface area contributed by atoms with E-state index in [0.717, 1.165) is 12.1 Å². The number of nitrogens with one attached hydrogen (secondary N) is 2. The number of carbonyl (C=O) groups is 2. The lowest BCUT2D eigenvalue weighted by Crippen LogP contribution is -2.33. The number of rotatable bonds is 10. The number of hydrogen-bond acceptors (Lipinski definition) is 4. The lowest BCUT2D eigenvalue weighted by atomic mass is 10.1. The van der Waals surface area contributed by atoms with Crippen molar-refractivity contribution in [3.05, 3.63) is 53.4 Å². The number of allylic oxidation sites excluding steroid dienone is 1. The first kappa shape index (κ1) is 26.0. The molecule has 0 saturated heterocycles. The van der Waals surface area contributed by atoms with Crippen LogP contribution in [0.4, 0.5) is 17.6 Å². The highest BCUT2D eigenvalue weighted by molar-refractivity contribution is 5.96. The van der Waals surface area contributed by atoms with Gasteiger partial charge in [-0.3, -0.25) is 9.59 Å². The van der Waals surface area contributed by atoms with Crippen LogP contribution < -0.4 is 21.1 Å². The van der Waals surface area contributed by atoms with Crippen molar-refractivity contribution in [1.29, 1.82) is 0 Å². The van der Waals surface area contributed by atoms with E-state index in [1.807, 2.05) is 6.92 Å². The van der Waals surface area contributed by atoms with Gasteiger partial charge in [-0.05, 0) is 37.1 Å². The number of carbonyl (C=O) groups excluding carboxylic acids is 2. The summed E-state index contributed by atoms with van der Waals surface area (Å²) >= 11 is 0. The molecule has 0 bridgehead atoms. The molecule has 31 heavy (non-hydrogen) atoms. The molecular weight excluding hydrogens is 418 g/mol. The van der Waals surface area contributed by atoms with E-state index in [1.54, 1.807) is 26.8 Å². The molecule has 0 aliphatic rings. The first-order chi connectivity index (χ1) is 14.4. The van der Waals surface area contributed by atoms with Crippen LogP contribution >= 0.6 is 0 Å². The molecule has 0 aliphatic carbocycles. The van der Waals surface area contributed by atoms with Crippen LogP contribution in [0.5, 0.6) is 5.75 Å². The largest absolute Gasteiger partial charge is 0.461 e. The van der Waals surface area contributed by atoms with E-state index in [-0.39, 0.29) is 23.2 Å². The van der Waals surface area contributed by atoms with Gasteiger partial charge in [0, 0.05) is 11.5 Å². The number of amides is 2. The van der Waals surface area contributed by atoms with Crippen LogP contribution in [0.3, 0.4) is 0 Å². The fourth-order valence-electron chi connectivity index (χ4n) is 2.32. The molecular formula is C21H27F4N3O3. The summed E-state index contributed by atoms with van der Waals surface area (Å²) in [4.78, 5) is 24.3. The SMILES string of the molecule is CC/C=C(\C=C(/N)NC(=O)C(C)C)C(=O)NC(C)c1ccc(OC(F)(F)C(F)F)cc1. The Morgan fingerprint density at radius 2 is 1.74 bits per heavy atom. The van der Waals surface area contributed by atoms with Crippen molar-refractivity contribution in [2.75, 3.05) is 0 Å². The maximum absolute atomic E-state index is 13.0. The Labute approximate surface area is 178 Å². The molecule has 1 atom stereocenters. The number of benzene rings is 1. The van der Waals surface area contributed by atoms with Crippen molar-refractivity contribution >= 4 is 11.8 Å². The molecule has 4 N–H and O–H groups in total. The topological polar surface area (TPSA) is 93.5 Å². The maximum atomic E-state index is 13.0. The Morgan fingerprint density at radius 1 is 1.16 bits per heavy atom. The van der Waals surface area contributed by atoms with E-state index in [4.69, 9.17) is 5.73 Å². The average molecular weight is 445 g/mol. The Bertz CT molecular complexity index is 822. The van der Waals surface area contributed by atoms with Crippen molar-refractivity contribution in [1.82, 2.24) is 10.6 Å². The molecule has 10 heteroatoms. The summed E-state index contributed by atoms with van der Waals surface area (Å²) in [5.74, 6) is -1.47. The molecule has 2 amide bonds. The van der Waals surface area contributed by atoms with E-state index in [1.165, 1.54) is 18.2 Å².